The third kappa shape index (κ3) is 5.27. The second-order valence-corrected chi connectivity index (χ2v) is 6.18. The molecule has 0 aliphatic carbocycles. The number of unbranched alkanes of at least 4 members (excludes halogenated alkanes) is 1. The van der Waals surface area contributed by atoms with Gasteiger partial charge in [-0.25, -0.2) is 4.79 Å². The second-order valence-electron chi connectivity index (χ2n) is 6.18. The van der Waals surface area contributed by atoms with Crippen molar-refractivity contribution >= 4 is 17.6 Å². The smallest absolute Gasteiger partial charge is 0.321 e. The monoisotopic (exact) mass is 317 g/mol. The van der Waals surface area contributed by atoms with Crippen molar-refractivity contribution in [2.45, 2.75) is 52.0 Å². The van der Waals surface area contributed by atoms with E-state index < -0.39 is 0 Å². The number of likely N-dealkylation sites (tertiary alicyclic amines) is 1. The zero-order chi connectivity index (χ0) is 16.7. The van der Waals surface area contributed by atoms with E-state index in [-0.39, 0.29) is 18.0 Å². The Bertz CT molecular complexity index is 537. The minimum Gasteiger partial charge on any atom is -0.353 e. The number of rotatable bonds is 5. The Kier molecular flexibility index (Phi) is 6.44. The quantitative estimate of drug-likeness (QED) is 0.875. The third-order valence-corrected chi connectivity index (χ3v) is 4.29. The van der Waals surface area contributed by atoms with Gasteiger partial charge >= 0.3 is 6.03 Å². The van der Waals surface area contributed by atoms with Gasteiger partial charge in [-0.15, -0.1) is 0 Å². The van der Waals surface area contributed by atoms with Crippen molar-refractivity contribution in [3.63, 3.8) is 0 Å². The van der Waals surface area contributed by atoms with Gasteiger partial charge in [0.2, 0.25) is 5.91 Å². The Morgan fingerprint density at radius 3 is 2.57 bits per heavy atom. The predicted octanol–water partition coefficient (Wildman–Crippen LogP) is 3.30. The first-order chi connectivity index (χ1) is 11.1. The summed E-state index contributed by atoms with van der Waals surface area (Å²) in [6.45, 7) is 5.42. The summed E-state index contributed by atoms with van der Waals surface area (Å²) in [7, 11) is 0. The Morgan fingerprint density at radius 1 is 1.22 bits per heavy atom. The molecule has 23 heavy (non-hydrogen) atoms. The highest BCUT2D eigenvalue weighted by molar-refractivity contribution is 5.90. The Labute approximate surface area is 138 Å². The summed E-state index contributed by atoms with van der Waals surface area (Å²) in [5.41, 5.74) is 1.91. The lowest BCUT2D eigenvalue weighted by Crippen LogP contribution is -2.47. The number of nitrogens with zero attached hydrogens (tertiary/aromatic N) is 1. The van der Waals surface area contributed by atoms with E-state index in [4.69, 9.17) is 0 Å². The van der Waals surface area contributed by atoms with Gasteiger partial charge in [0.1, 0.15) is 0 Å². The normalized spacial score (nSPS) is 15.3. The van der Waals surface area contributed by atoms with Gasteiger partial charge in [0.05, 0.1) is 0 Å². The molecular formula is C18H27N3O2. The van der Waals surface area contributed by atoms with Crippen LogP contribution in [0.15, 0.2) is 24.3 Å². The molecule has 0 radical (unpaired) electrons. The minimum absolute atomic E-state index is 0.0601. The van der Waals surface area contributed by atoms with E-state index >= 15 is 0 Å². The number of piperidine rings is 1. The number of anilines is 1. The SMILES string of the molecule is CCCCC(=O)NC1CCN(C(=O)Nc2ccccc2C)CC1. The number of hydrogen-bond acceptors (Lipinski definition) is 2. The molecule has 1 aromatic carbocycles. The summed E-state index contributed by atoms with van der Waals surface area (Å²) in [4.78, 5) is 25.9. The average Bonchev–Trinajstić information content (AvgIpc) is 2.55. The summed E-state index contributed by atoms with van der Waals surface area (Å²) in [5.74, 6) is 0.134. The van der Waals surface area contributed by atoms with E-state index in [1.54, 1.807) is 0 Å². The van der Waals surface area contributed by atoms with E-state index in [9.17, 15) is 9.59 Å². The van der Waals surface area contributed by atoms with Crippen molar-refractivity contribution in [2.24, 2.45) is 0 Å². The van der Waals surface area contributed by atoms with Crippen molar-refractivity contribution in [3.8, 4) is 0 Å². The van der Waals surface area contributed by atoms with Crippen LogP contribution in [0, 0.1) is 6.92 Å². The summed E-state index contributed by atoms with van der Waals surface area (Å²) in [6, 6.07) is 7.90. The van der Waals surface area contributed by atoms with Gasteiger partial charge in [0, 0.05) is 31.2 Å². The van der Waals surface area contributed by atoms with Crippen LogP contribution in [0.3, 0.4) is 0 Å². The molecular weight excluding hydrogens is 290 g/mol. The first-order valence-corrected chi connectivity index (χ1v) is 8.51. The molecule has 1 aliphatic heterocycles. The van der Waals surface area contributed by atoms with Gasteiger partial charge in [0.15, 0.2) is 0 Å². The van der Waals surface area contributed by atoms with Crippen molar-refractivity contribution < 1.29 is 9.59 Å². The highest BCUT2D eigenvalue weighted by atomic mass is 16.2. The zero-order valence-corrected chi connectivity index (χ0v) is 14.1. The number of benzene rings is 1. The molecule has 2 N–H and O–H groups in total. The maximum Gasteiger partial charge on any atom is 0.321 e. The van der Waals surface area contributed by atoms with E-state index in [0.29, 0.717) is 19.5 Å². The van der Waals surface area contributed by atoms with Crippen LogP contribution in [0.4, 0.5) is 10.5 Å². The molecule has 1 saturated heterocycles. The lowest BCUT2D eigenvalue weighted by molar-refractivity contribution is -0.122. The Morgan fingerprint density at radius 2 is 1.91 bits per heavy atom. The van der Waals surface area contributed by atoms with Crippen molar-refractivity contribution in [1.82, 2.24) is 10.2 Å². The fraction of sp³-hybridized carbons (Fsp3) is 0.556. The van der Waals surface area contributed by atoms with Crippen LogP contribution in [0.1, 0.15) is 44.6 Å². The number of urea groups is 1. The molecule has 1 heterocycles. The number of carbonyl (C=O) groups excluding carboxylic acids is 2. The van der Waals surface area contributed by atoms with Crippen LogP contribution in [0.25, 0.3) is 0 Å². The average molecular weight is 317 g/mol. The van der Waals surface area contributed by atoms with Gasteiger partial charge in [-0.1, -0.05) is 31.5 Å². The summed E-state index contributed by atoms with van der Waals surface area (Å²) in [6.07, 6.45) is 4.21. The van der Waals surface area contributed by atoms with Gasteiger partial charge in [-0.3, -0.25) is 4.79 Å². The molecule has 3 amide bonds. The minimum atomic E-state index is -0.0601. The van der Waals surface area contributed by atoms with E-state index in [1.165, 1.54) is 0 Å². The molecule has 0 unspecified atom stereocenters. The highest BCUT2D eigenvalue weighted by Gasteiger charge is 2.23. The first-order valence-electron chi connectivity index (χ1n) is 8.51. The first kappa shape index (κ1) is 17.3. The van der Waals surface area contributed by atoms with Gasteiger partial charge in [0.25, 0.3) is 0 Å². The molecule has 0 aromatic heterocycles. The van der Waals surface area contributed by atoms with Crippen molar-refractivity contribution in [2.75, 3.05) is 18.4 Å². The highest BCUT2D eigenvalue weighted by Crippen LogP contribution is 2.16. The van der Waals surface area contributed by atoms with Crippen LogP contribution in [-0.4, -0.2) is 36.0 Å². The summed E-state index contributed by atoms with van der Waals surface area (Å²) in [5, 5.41) is 6.04. The number of para-hydroxylation sites is 1. The standard InChI is InChI=1S/C18H27N3O2/c1-3-4-9-17(22)19-15-10-12-21(13-11-15)18(23)20-16-8-6-5-7-14(16)2/h5-8,15H,3-4,9-13H2,1-2H3,(H,19,22)(H,20,23). The summed E-state index contributed by atoms with van der Waals surface area (Å²) >= 11 is 0. The zero-order valence-electron chi connectivity index (χ0n) is 14.1. The molecule has 5 heteroatoms. The molecule has 0 spiro atoms. The van der Waals surface area contributed by atoms with Crippen molar-refractivity contribution in [3.05, 3.63) is 29.8 Å². The van der Waals surface area contributed by atoms with Crippen LogP contribution in [0.5, 0.6) is 0 Å². The predicted molar refractivity (Wildman–Crippen MR) is 92.5 cm³/mol. The number of carbonyl (C=O) groups is 2. The molecule has 1 fully saturated rings. The maximum atomic E-state index is 12.3. The van der Waals surface area contributed by atoms with Crippen LogP contribution < -0.4 is 10.6 Å². The molecule has 0 saturated carbocycles. The fourth-order valence-corrected chi connectivity index (χ4v) is 2.77. The Hall–Kier alpha value is -2.04. The van der Waals surface area contributed by atoms with Crippen LogP contribution >= 0.6 is 0 Å². The molecule has 5 nitrogen and oxygen atoms in total. The number of amides is 3. The fourth-order valence-electron chi connectivity index (χ4n) is 2.77. The van der Waals surface area contributed by atoms with E-state index in [0.717, 1.165) is 36.9 Å². The molecule has 0 atom stereocenters. The van der Waals surface area contributed by atoms with E-state index in [1.807, 2.05) is 36.1 Å². The molecule has 1 aromatic rings. The van der Waals surface area contributed by atoms with Crippen molar-refractivity contribution in [1.29, 1.82) is 0 Å². The third-order valence-electron chi connectivity index (χ3n) is 4.29. The largest absolute Gasteiger partial charge is 0.353 e. The topological polar surface area (TPSA) is 61.4 Å². The van der Waals surface area contributed by atoms with Gasteiger partial charge < -0.3 is 15.5 Å². The van der Waals surface area contributed by atoms with E-state index in [2.05, 4.69) is 17.6 Å². The second kappa shape index (κ2) is 8.56. The molecule has 2 rings (SSSR count). The Balaban J connectivity index is 1.76. The lowest BCUT2D eigenvalue weighted by atomic mass is 10.0. The number of aryl methyl sites for hydroxylation is 1. The van der Waals surface area contributed by atoms with Crippen LogP contribution in [0.2, 0.25) is 0 Å². The lowest BCUT2D eigenvalue weighted by Gasteiger charge is -2.32. The summed E-state index contributed by atoms with van der Waals surface area (Å²) < 4.78 is 0. The van der Waals surface area contributed by atoms with Gasteiger partial charge in [-0.2, -0.15) is 0 Å². The number of hydrogen-bond donors (Lipinski definition) is 2. The molecule has 0 bridgehead atoms. The number of nitrogens with one attached hydrogen (secondary N) is 2. The van der Waals surface area contributed by atoms with Crippen LogP contribution in [-0.2, 0) is 4.79 Å². The van der Waals surface area contributed by atoms with Gasteiger partial charge in [-0.05, 0) is 37.8 Å². The molecule has 126 valence electrons. The molecule has 1 aliphatic rings. The maximum absolute atomic E-state index is 12.3.